The van der Waals surface area contributed by atoms with Crippen LogP contribution in [0.1, 0.15) is 16.2 Å². The summed E-state index contributed by atoms with van der Waals surface area (Å²) in [5.74, 6) is 0.913. The largest absolute Gasteiger partial charge is 0.495 e. The molecule has 4 rings (SSSR count). The van der Waals surface area contributed by atoms with E-state index in [0.29, 0.717) is 33.5 Å². The van der Waals surface area contributed by atoms with Crippen molar-refractivity contribution in [2.75, 3.05) is 12.4 Å². The van der Waals surface area contributed by atoms with Gasteiger partial charge in [0.1, 0.15) is 5.75 Å². The first-order chi connectivity index (χ1) is 13.1. The predicted octanol–water partition coefficient (Wildman–Crippen LogP) is 4.21. The van der Waals surface area contributed by atoms with E-state index >= 15 is 0 Å². The zero-order chi connectivity index (χ0) is 19.0. The number of ether oxygens (including phenoxy) is 1. The molecule has 0 unspecified atom stereocenters. The first-order valence-electron chi connectivity index (χ1n) is 8.14. The molecule has 0 radical (unpaired) electrons. The maximum absolute atomic E-state index is 12.6. The molecule has 8 heteroatoms. The number of amides is 1. The van der Waals surface area contributed by atoms with Crippen LogP contribution in [0.15, 0.2) is 52.9 Å². The van der Waals surface area contributed by atoms with E-state index in [1.807, 2.05) is 24.3 Å². The molecule has 0 saturated carbocycles. The maximum Gasteiger partial charge on any atom is 0.325 e. The molecule has 0 aliphatic heterocycles. The molecule has 1 N–H and O–H groups in total. The number of oxazole rings is 1. The Hall–Kier alpha value is -3.32. The van der Waals surface area contributed by atoms with E-state index in [2.05, 4.69) is 15.4 Å². The Morgan fingerprint density at radius 2 is 1.93 bits per heavy atom. The average Bonchev–Trinajstić information content (AvgIpc) is 3.22. The van der Waals surface area contributed by atoms with Crippen molar-refractivity contribution in [2.45, 2.75) is 6.92 Å². The van der Waals surface area contributed by atoms with E-state index in [-0.39, 0.29) is 11.6 Å². The number of halogens is 1. The summed E-state index contributed by atoms with van der Waals surface area (Å²) >= 11 is 6.20. The lowest BCUT2D eigenvalue weighted by Crippen LogP contribution is -2.13. The second kappa shape index (κ2) is 6.77. The molecule has 2 aromatic heterocycles. The number of para-hydroxylation sites is 2. The monoisotopic (exact) mass is 382 g/mol. The molecule has 4 aromatic rings. The van der Waals surface area contributed by atoms with Gasteiger partial charge in [-0.2, -0.15) is 9.50 Å². The highest BCUT2D eigenvalue weighted by atomic mass is 35.5. The fourth-order valence-corrected chi connectivity index (χ4v) is 2.96. The van der Waals surface area contributed by atoms with Crippen LogP contribution in [0.3, 0.4) is 0 Å². The minimum atomic E-state index is -0.413. The zero-order valence-electron chi connectivity index (χ0n) is 14.6. The van der Waals surface area contributed by atoms with Crippen molar-refractivity contribution in [1.82, 2.24) is 14.6 Å². The summed E-state index contributed by atoms with van der Waals surface area (Å²) in [5.41, 5.74) is 1.77. The van der Waals surface area contributed by atoms with Crippen molar-refractivity contribution in [3.63, 3.8) is 0 Å². The highest BCUT2D eigenvalue weighted by molar-refractivity contribution is 6.33. The zero-order valence-corrected chi connectivity index (χ0v) is 15.3. The van der Waals surface area contributed by atoms with Crippen molar-refractivity contribution in [3.8, 4) is 17.1 Å². The smallest absolute Gasteiger partial charge is 0.325 e. The van der Waals surface area contributed by atoms with Gasteiger partial charge >= 0.3 is 5.84 Å². The molecule has 1 amide bonds. The van der Waals surface area contributed by atoms with Gasteiger partial charge in [0.25, 0.3) is 5.91 Å². The summed E-state index contributed by atoms with van der Waals surface area (Å²) in [5, 5.41) is 7.73. The number of aryl methyl sites for hydroxylation is 1. The van der Waals surface area contributed by atoms with E-state index in [1.54, 1.807) is 31.2 Å². The van der Waals surface area contributed by atoms with Crippen LogP contribution < -0.4 is 10.1 Å². The molecule has 0 atom stereocenters. The van der Waals surface area contributed by atoms with E-state index in [1.165, 1.54) is 11.6 Å². The Morgan fingerprint density at radius 3 is 2.67 bits per heavy atom. The summed E-state index contributed by atoms with van der Waals surface area (Å²) in [4.78, 5) is 17.0. The van der Waals surface area contributed by atoms with Crippen LogP contribution in [0.4, 0.5) is 5.69 Å². The summed E-state index contributed by atoms with van der Waals surface area (Å²) in [6, 6.07) is 14.4. The Bertz CT molecular complexity index is 1150. The number of rotatable bonds is 4. The number of carbonyl (C=O) groups excluding carboxylic acids is 1. The molecule has 0 saturated heterocycles. The summed E-state index contributed by atoms with van der Waals surface area (Å²) in [6.07, 6.45) is 0. The third kappa shape index (κ3) is 3.02. The summed E-state index contributed by atoms with van der Waals surface area (Å²) < 4.78 is 12.4. The van der Waals surface area contributed by atoms with Gasteiger partial charge in [0, 0.05) is 5.56 Å². The van der Waals surface area contributed by atoms with Crippen LogP contribution >= 0.6 is 11.6 Å². The molecule has 2 heterocycles. The first kappa shape index (κ1) is 17.1. The molecular formula is C19H15ClN4O3. The Balaban J connectivity index is 1.67. The quantitative estimate of drug-likeness (QED) is 0.571. The summed E-state index contributed by atoms with van der Waals surface area (Å²) in [7, 11) is 1.54. The van der Waals surface area contributed by atoms with Crippen LogP contribution in [-0.2, 0) is 0 Å². The molecule has 0 bridgehead atoms. The van der Waals surface area contributed by atoms with Gasteiger partial charge in [-0.1, -0.05) is 35.9 Å². The highest BCUT2D eigenvalue weighted by Gasteiger charge is 2.22. The van der Waals surface area contributed by atoms with E-state index in [0.717, 1.165) is 0 Å². The van der Waals surface area contributed by atoms with Crippen molar-refractivity contribution in [2.24, 2.45) is 0 Å². The molecule has 2 aromatic carbocycles. The van der Waals surface area contributed by atoms with Crippen molar-refractivity contribution < 1.29 is 13.9 Å². The standard InChI is InChI=1S/C19H15ClN4O3/c1-11-16(18(25)21-14-9-5-6-10-15(14)26-2)27-19-22-17(23-24(11)19)12-7-3-4-8-13(12)20/h3-10H,1-2H3,(H,21,25). The Morgan fingerprint density at radius 1 is 1.19 bits per heavy atom. The minimum Gasteiger partial charge on any atom is -0.495 e. The Kier molecular flexibility index (Phi) is 4.29. The molecule has 0 fully saturated rings. The maximum atomic E-state index is 12.6. The van der Waals surface area contributed by atoms with Crippen molar-refractivity contribution in [3.05, 3.63) is 65.0 Å². The van der Waals surface area contributed by atoms with Gasteiger partial charge in [-0.25, -0.2) is 0 Å². The summed E-state index contributed by atoms with van der Waals surface area (Å²) in [6.45, 7) is 1.73. The van der Waals surface area contributed by atoms with E-state index in [9.17, 15) is 4.79 Å². The number of aromatic nitrogens is 3. The fourth-order valence-electron chi connectivity index (χ4n) is 2.74. The predicted molar refractivity (Wildman–Crippen MR) is 101 cm³/mol. The number of fused-ring (bicyclic) bond motifs is 1. The van der Waals surface area contributed by atoms with Gasteiger partial charge in [0.15, 0.2) is 5.82 Å². The first-order valence-corrected chi connectivity index (χ1v) is 8.51. The molecule has 27 heavy (non-hydrogen) atoms. The van der Waals surface area contributed by atoms with E-state index in [4.69, 9.17) is 20.8 Å². The van der Waals surface area contributed by atoms with Gasteiger partial charge in [-0.3, -0.25) is 4.79 Å². The number of anilines is 1. The molecule has 0 aliphatic rings. The third-order valence-electron chi connectivity index (χ3n) is 4.09. The second-order valence-corrected chi connectivity index (χ2v) is 6.19. The molecule has 0 aliphatic carbocycles. The minimum absolute atomic E-state index is 0.126. The molecule has 136 valence electrons. The van der Waals surface area contributed by atoms with Gasteiger partial charge in [0.2, 0.25) is 5.76 Å². The SMILES string of the molecule is COc1ccccc1NC(=O)c1oc2nc(-c3ccccc3Cl)nn2c1C. The van der Waals surface area contributed by atoms with Crippen molar-refractivity contribution >= 4 is 29.0 Å². The van der Waals surface area contributed by atoms with Gasteiger partial charge < -0.3 is 14.5 Å². The van der Waals surface area contributed by atoms with Crippen LogP contribution in [-0.4, -0.2) is 27.6 Å². The molecule has 0 spiro atoms. The average molecular weight is 383 g/mol. The van der Waals surface area contributed by atoms with Gasteiger partial charge in [-0.05, 0) is 31.2 Å². The van der Waals surface area contributed by atoms with Crippen LogP contribution in [0.2, 0.25) is 5.02 Å². The van der Waals surface area contributed by atoms with Crippen LogP contribution in [0, 0.1) is 6.92 Å². The number of carbonyl (C=O) groups is 1. The topological polar surface area (TPSA) is 81.7 Å². The fraction of sp³-hybridized carbons (Fsp3) is 0.105. The van der Waals surface area contributed by atoms with E-state index < -0.39 is 5.91 Å². The number of methoxy groups -OCH3 is 1. The third-order valence-corrected chi connectivity index (χ3v) is 4.42. The van der Waals surface area contributed by atoms with Gasteiger partial charge in [-0.15, -0.1) is 5.10 Å². The lowest BCUT2D eigenvalue weighted by molar-refractivity contribution is 0.0997. The lowest BCUT2D eigenvalue weighted by Gasteiger charge is -2.08. The van der Waals surface area contributed by atoms with Crippen LogP contribution in [0.25, 0.3) is 17.2 Å². The Labute approximate surface area is 159 Å². The normalized spacial score (nSPS) is 10.9. The second-order valence-electron chi connectivity index (χ2n) is 5.78. The number of nitrogens with one attached hydrogen (secondary N) is 1. The lowest BCUT2D eigenvalue weighted by atomic mass is 10.2. The molecular weight excluding hydrogens is 368 g/mol. The van der Waals surface area contributed by atoms with Gasteiger partial charge in [0.05, 0.1) is 23.5 Å². The highest BCUT2D eigenvalue weighted by Crippen LogP contribution is 2.28. The number of hydrogen-bond acceptors (Lipinski definition) is 5. The number of benzene rings is 2. The number of hydrogen-bond donors (Lipinski definition) is 1. The van der Waals surface area contributed by atoms with Crippen LogP contribution in [0.5, 0.6) is 5.75 Å². The van der Waals surface area contributed by atoms with Crippen molar-refractivity contribution in [1.29, 1.82) is 0 Å². The molecule has 7 nitrogen and oxygen atoms in total. The number of nitrogens with zero attached hydrogens (tertiary/aromatic N) is 3.